The molecule has 0 bridgehead atoms. The maximum Gasteiger partial charge on any atom is 0.273 e. The fourth-order valence-electron chi connectivity index (χ4n) is 4.38. The van der Waals surface area contributed by atoms with Crippen molar-refractivity contribution in [1.29, 1.82) is 0 Å². The molecule has 0 saturated heterocycles. The van der Waals surface area contributed by atoms with Crippen molar-refractivity contribution in [3.63, 3.8) is 0 Å². The normalized spacial score (nSPS) is 12.6. The van der Waals surface area contributed by atoms with E-state index in [-0.39, 0.29) is 34.6 Å². The Morgan fingerprint density at radius 3 is 2.30 bits per heavy atom. The van der Waals surface area contributed by atoms with Crippen molar-refractivity contribution >= 4 is 44.8 Å². The molecule has 0 radical (unpaired) electrons. The molecule has 0 fully saturated rings. The molecule has 0 saturated carbocycles. The summed E-state index contributed by atoms with van der Waals surface area (Å²) >= 11 is 6.26. The number of benzene rings is 3. The fraction of sp³-hybridized carbons (Fsp3) is 0.355. The Hall–Kier alpha value is -4.16. The van der Waals surface area contributed by atoms with E-state index in [0.29, 0.717) is 6.42 Å². The van der Waals surface area contributed by atoms with Gasteiger partial charge in [-0.1, -0.05) is 54.4 Å². The minimum absolute atomic E-state index is 0.0186. The van der Waals surface area contributed by atoms with Gasteiger partial charge in [0.2, 0.25) is 11.8 Å². The Morgan fingerprint density at radius 2 is 1.70 bits per heavy atom. The lowest BCUT2D eigenvalue weighted by Gasteiger charge is -2.33. The Morgan fingerprint density at radius 1 is 1.05 bits per heavy atom. The van der Waals surface area contributed by atoms with E-state index < -0.39 is 49.9 Å². The van der Waals surface area contributed by atoms with Crippen LogP contribution in [0, 0.1) is 24.0 Å². The van der Waals surface area contributed by atoms with Crippen molar-refractivity contribution in [3.05, 3.63) is 92.5 Å². The van der Waals surface area contributed by atoms with Gasteiger partial charge in [0.05, 0.1) is 22.6 Å². The van der Waals surface area contributed by atoms with Gasteiger partial charge in [-0.25, -0.2) is 8.42 Å². The highest BCUT2D eigenvalue weighted by atomic mass is 35.5. The summed E-state index contributed by atoms with van der Waals surface area (Å²) < 4.78 is 34.6. The number of ether oxygens (including phenoxy) is 1. The number of nitrogens with one attached hydrogen (secondary N) is 1. The molecule has 0 unspecified atom stereocenters. The summed E-state index contributed by atoms with van der Waals surface area (Å²) in [6.45, 7) is 8.01. The maximum atomic E-state index is 14.2. The summed E-state index contributed by atoms with van der Waals surface area (Å²) in [6.07, 6.45) is 0.674. The van der Waals surface area contributed by atoms with Crippen LogP contribution in [0.1, 0.15) is 43.9 Å². The van der Waals surface area contributed by atoms with Crippen molar-refractivity contribution < 1.29 is 27.7 Å². The van der Waals surface area contributed by atoms with Gasteiger partial charge in [-0.3, -0.25) is 24.0 Å². The van der Waals surface area contributed by atoms with Crippen molar-refractivity contribution in [2.75, 3.05) is 18.0 Å². The van der Waals surface area contributed by atoms with Gasteiger partial charge in [0.25, 0.3) is 15.7 Å². The van der Waals surface area contributed by atoms with Crippen LogP contribution in [0.2, 0.25) is 5.02 Å². The third-order valence-electron chi connectivity index (χ3n) is 7.30. The van der Waals surface area contributed by atoms with Crippen LogP contribution in [0.15, 0.2) is 65.6 Å². The number of nitro benzene ring substituents is 1. The number of carbonyl (C=O) groups excluding carboxylic acids is 2. The van der Waals surface area contributed by atoms with E-state index in [1.165, 1.54) is 49.3 Å². The van der Waals surface area contributed by atoms with Crippen molar-refractivity contribution in [2.24, 2.45) is 0 Å². The van der Waals surface area contributed by atoms with E-state index in [2.05, 4.69) is 5.32 Å². The first-order chi connectivity index (χ1) is 20.7. The van der Waals surface area contributed by atoms with E-state index in [9.17, 15) is 28.1 Å². The zero-order chi connectivity index (χ0) is 32.8. The summed E-state index contributed by atoms with van der Waals surface area (Å²) in [5.74, 6) is -0.992. The predicted molar refractivity (Wildman–Crippen MR) is 169 cm³/mol. The number of sulfonamides is 1. The SMILES string of the molecule is CC[C@H](C)NC(=O)[C@@H](C)N(Cc1ccc(C)cc1)C(=O)CN(c1cc(Cl)ccc1OC)S(=O)(=O)c1ccc(C)c([N+](=O)[O-])c1. The largest absolute Gasteiger partial charge is 0.495 e. The van der Waals surface area contributed by atoms with Crippen molar-refractivity contribution in [1.82, 2.24) is 10.2 Å². The number of nitrogens with zero attached hydrogens (tertiary/aromatic N) is 3. The highest BCUT2D eigenvalue weighted by Gasteiger charge is 2.35. The molecule has 3 rings (SSSR count). The van der Waals surface area contributed by atoms with Crippen LogP contribution in [0.4, 0.5) is 11.4 Å². The summed E-state index contributed by atoms with van der Waals surface area (Å²) in [5.41, 5.74) is 1.56. The molecule has 0 aliphatic heterocycles. The number of nitro groups is 1. The fourth-order valence-corrected chi connectivity index (χ4v) is 5.99. The molecule has 0 aliphatic carbocycles. The van der Waals surface area contributed by atoms with Crippen LogP contribution < -0.4 is 14.4 Å². The molecule has 2 amide bonds. The highest BCUT2D eigenvalue weighted by Crippen LogP contribution is 2.36. The van der Waals surface area contributed by atoms with Crippen LogP contribution in [0.25, 0.3) is 0 Å². The number of aryl methyl sites for hydroxylation is 2. The predicted octanol–water partition coefficient (Wildman–Crippen LogP) is 5.40. The molecular weight excluding hydrogens is 608 g/mol. The molecule has 0 heterocycles. The lowest BCUT2D eigenvalue weighted by atomic mass is 10.1. The molecule has 3 aromatic carbocycles. The second kappa shape index (κ2) is 14.5. The monoisotopic (exact) mass is 644 g/mol. The van der Waals surface area contributed by atoms with Gasteiger partial charge in [0.15, 0.2) is 0 Å². The van der Waals surface area contributed by atoms with Gasteiger partial charge in [-0.2, -0.15) is 0 Å². The first-order valence-corrected chi connectivity index (χ1v) is 15.8. The molecule has 0 aliphatic rings. The molecule has 44 heavy (non-hydrogen) atoms. The van der Waals surface area contributed by atoms with Crippen molar-refractivity contribution in [2.45, 2.75) is 64.6 Å². The minimum atomic E-state index is -4.61. The van der Waals surface area contributed by atoms with Gasteiger partial charge >= 0.3 is 0 Å². The van der Waals surface area contributed by atoms with E-state index in [4.69, 9.17) is 16.3 Å². The topological polar surface area (TPSA) is 139 Å². The summed E-state index contributed by atoms with van der Waals surface area (Å²) in [7, 11) is -3.28. The number of hydrogen-bond acceptors (Lipinski definition) is 7. The third kappa shape index (κ3) is 8.06. The molecule has 2 atom stereocenters. The number of rotatable bonds is 13. The van der Waals surface area contributed by atoms with Crippen molar-refractivity contribution in [3.8, 4) is 5.75 Å². The Kier molecular flexibility index (Phi) is 11.3. The molecule has 1 N–H and O–H groups in total. The summed E-state index contributed by atoms with van der Waals surface area (Å²) in [4.78, 5) is 39.2. The van der Waals surface area contributed by atoms with Crippen LogP contribution in [0.3, 0.4) is 0 Å². The standard InChI is InChI=1S/C31H37ClN4O7S/c1-7-22(4)33-31(38)23(5)34(18-24-11-8-20(2)9-12-24)30(37)19-35(28-16-25(32)13-15-29(28)43-6)44(41,42)26-14-10-21(3)27(17-26)36(39)40/h8-17,22-23H,7,18-19H2,1-6H3,(H,33,38)/t22-,23+/m0/s1. The molecule has 13 heteroatoms. The number of hydrogen-bond donors (Lipinski definition) is 1. The molecule has 3 aromatic rings. The Balaban J connectivity index is 2.15. The zero-order valence-corrected chi connectivity index (χ0v) is 27.1. The lowest BCUT2D eigenvalue weighted by molar-refractivity contribution is -0.385. The number of methoxy groups -OCH3 is 1. The first-order valence-electron chi connectivity index (χ1n) is 14.0. The van der Waals surface area contributed by atoms with E-state index in [1.54, 1.807) is 6.92 Å². The third-order valence-corrected chi connectivity index (χ3v) is 9.29. The summed E-state index contributed by atoms with van der Waals surface area (Å²) in [5, 5.41) is 14.7. The molecule has 0 spiro atoms. The van der Waals surface area contributed by atoms with Gasteiger partial charge in [-0.05, 0) is 63.9 Å². The molecule has 236 valence electrons. The van der Waals surface area contributed by atoms with E-state index >= 15 is 0 Å². The average molecular weight is 645 g/mol. The van der Waals surface area contributed by atoms with Crippen LogP contribution >= 0.6 is 11.6 Å². The number of anilines is 1. The number of carbonyl (C=O) groups is 2. The maximum absolute atomic E-state index is 14.2. The molecule has 0 aromatic heterocycles. The molecular formula is C31H37ClN4O7S. The highest BCUT2D eigenvalue weighted by molar-refractivity contribution is 7.92. The average Bonchev–Trinajstić information content (AvgIpc) is 2.98. The Labute approximate surface area is 263 Å². The number of amides is 2. The first kappa shape index (κ1) is 34.3. The van der Waals surface area contributed by atoms with E-state index in [1.807, 2.05) is 45.0 Å². The van der Waals surface area contributed by atoms with Gasteiger partial charge < -0.3 is 15.0 Å². The van der Waals surface area contributed by atoms with Crippen LogP contribution in [0.5, 0.6) is 5.75 Å². The van der Waals surface area contributed by atoms with E-state index in [0.717, 1.165) is 21.5 Å². The van der Waals surface area contributed by atoms with Crippen LogP contribution in [-0.4, -0.2) is 55.8 Å². The number of halogens is 1. The lowest BCUT2D eigenvalue weighted by Crippen LogP contribution is -2.52. The second-order valence-electron chi connectivity index (χ2n) is 10.5. The minimum Gasteiger partial charge on any atom is -0.495 e. The quantitative estimate of drug-likeness (QED) is 0.194. The zero-order valence-electron chi connectivity index (χ0n) is 25.5. The molecule has 11 nitrogen and oxygen atoms in total. The smallest absolute Gasteiger partial charge is 0.273 e. The van der Waals surface area contributed by atoms with Crippen LogP contribution in [-0.2, 0) is 26.2 Å². The second-order valence-corrected chi connectivity index (χ2v) is 12.8. The summed E-state index contributed by atoms with van der Waals surface area (Å²) in [6, 6.07) is 14.1. The van der Waals surface area contributed by atoms with Gasteiger partial charge in [-0.15, -0.1) is 0 Å². The van der Waals surface area contributed by atoms with Gasteiger partial charge in [0.1, 0.15) is 18.3 Å². The Bertz CT molecular complexity index is 1630. The van der Waals surface area contributed by atoms with Gasteiger partial charge in [0, 0.05) is 29.2 Å².